The predicted octanol–water partition coefficient (Wildman–Crippen LogP) is 6.51. The third-order valence-electron chi connectivity index (χ3n) is 6.55. The fourth-order valence-corrected chi connectivity index (χ4v) is 4.29. The van der Waals surface area contributed by atoms with Crippen LogP contribution in [0, 0.1) is 18.6 Å². The van der Waals surface area contributed by atoms with Crippen molar-refractivity contribution in [2.75, 3.05) is 12.4 Å². The lowest BCUT2D eigenvalue weighted by Crippen LogP contribution is -2.23. The maximum atomic E-state index is 14.1. The SMILES string of the molecule is CNc1ccc(Oc2cc3cn[nH]c3cc2C2CC2)c(F)c1.Cc1ccc(C=O)c(=O)n1-c1ccc(F)cc1. The van der Waals surface area contributed by atoms with Crippen LogP contribution < -0.4 is 15.6 Å². The first-order valence-corrected chi connectivity index (χ1v) is 12.4. The number of carbonyl (C=O) groups is 1. The lowest BCUT2D eigenvalue weighted by molar-refractivity contribution is 0.112. The highest BCUT2D eigenvalue weighted by Gasteiger charge is 2.28. The van der Waals surface area contributed by atoms with Gasteiger partial charge in [-0.1, -0.05) is 0 Å². The molecule has 1 aliphatic rings. The quantitative estimate of drug-likeness (QED) is 0.245. The number of pyridine rings is 1. The monoisotopic (exact) mass is 528 g/mol. The number of benzene rings is 3. The first-order chi connectivity index (χ1) is 18.9. The van der Waals surface area contributed by atoms with Crippen molar-refractivity contribution in [3.05, 3.63) is 112 Å². The summed E-state index contributed by atoms with van der Waals surface area (Å²) in [5.74, 6) is 0.713. The second kappa shape index (κ2) is 10.9. The Hall–Kier alpha value is -4.79. The van der Waals surface area contributed by atoms with Gasteiger partial charge in [0.25, 0.3) is 5.56 Å². The zero-order valence-corrected chi connectivity index (χ0v) is 21.4. The predicted molar refractivity (Wildman–Crippen MR) is 146 cm³/mol. The number of aromatic amines is 1. The molecular formula is C30H26F2N4O3. The standard InChI is InChI=1S/C17H16FN3O.C13H10FNO2/c1-19-12-4-5-16(14(18)7-12)22-17-6-11-9-20-21-15(11)8-13(17)10-2-3-10;1-9-2-3-10(8-16)13(17)15(9)12-6-4-11(14)5-7-12/h4-10,19H,2-3H2,1H3,(H,20,21);2-8H,1H3. The Labute approximate surface area is 223 Å². The van der Waals surface area contributed by atoms with E-state index in [0.29, 0.717) is 29.3 Å². The molecule has 2 heterocycles. The van der Waals surface area contributed by atoms with Gasteiger partial charge in [0.15, 0.2) is 17.9 Å². The first-order valence-electron chi connectivity index (χ1n) is 12.4. The molecule has 3 aromatic carbocycles. The average molecular weight is 529 g/mol. The molecule has 6 rings (SSSR count). The highest BCUT2D eigenvalue weighted by Crippen LogP contribution is 2.46. The van der Waals surface area contributed by atoms with E-state index in [2.05, 4.69) is 21.6 Å². The number of H-pyrrole nitrogens is 1. The molecule has 9 heteroatoms. The number of ether oxygens (including phenoxy) is 1. The van der Waals surface area contributed by atoms with Crippen LogP contribution >= 0.6 is 0 Å². The Balaban J connectivity index is 0.000000164. The number of nitrogens with zero attached hydrogens (tertiary/aromatic N) is 2. The van der Waals surface area contributed by atoms with E-state index in [4.69, 9.17) is 4.74 Å². The van der Waals surface area contributed by atoms with Gasteiger partial charge in [0.1, 0.15) is 11.6 Å². The van der Waals surface area contributed by atoms with Crippen LogP contribution in [-0.2, 0) is 0 Å². The number of hydrogen-bond acceptors (Lipinski definition) is 5. The maximum absolute atomic E-state index is 14.1. The van der Waals surface area contributed by atoms with Crippen molar-refractivity contribution in [1.29, 1.82) is 0 Å². The molecule has 0 atom stereocenters. The van der Waals surface area contributed by atoms with Crippen molar-refractivity contribution in [3.8, 4) is 17.2 Å². The molecule has 7 nitrogen and oxygen atoms in total. The molecule has 39 heavy (non-hydrogen) atoms. The van der Waals surface area contributed by atoms with E-state index in [-0.39, 0.29) is 22.9 Å². The Morgan fingerprint density at radius 2 is 1.79 bits per heavy atom. The number of hydrogen-bond donors (Lipinski definition) is 2. The van der Waals surface area contributed by atoms with E-state index in [1.165, 1.54) is 41.0 Å². The van der Waals surface area contributed by atoms with Gasteiger partial charge in [0.05, 0.1) is 17.3 Å². The van der Waals surface area contributed by atoms with Gasteiger partial charge in [-0.2, -0.15) is 5.10 Å². The van der Waals surface area contributed by atoms with Crippen LogP contribution in [-0.4, -0.2) is 28.1 Å². The summed E-state index contributed by atoms with van der Waals surface area (Å²) >= 11 is 0. The van der Waals surface area contributed by atoms with Gasteiger partial charge in [0, 0.05) is 41.1 Å². The van der Waals surface area contributed by atoms with Crippen molar-refractivity contribution in [3.63, 3.8) is 0 Å². The van der Waals surface area contributed by atoms with Crippen LogP contribution in [0.2, 0.25) is 0 Å². The molecule has 1 saturated carbocycles. The highest BCUT2D eigenvalue weighted by atomic mass is 19.1. The second-order valence-corrected chi connectivity index (χ2v) is 9.28. The Morgan fingerprint density at radius 1 is 1.03 bits per heavy atom. The Morgan fingerprint density at radius 3 is 2.46 bits per heavy atom. The number of anilines is 1. The smallest absolute Gasteiger partial charge is 0.265 e. The van der Waals surface area contributed by atoms with E-state index in [0.717, 1.165) is 35.0 Å². The van der Waals surface area contributed by atoms with E-state index in [1.54, 1.807) is 38.4 Å². The zero-order chi connectivity index (χ0) is 27.5. The molecule has 1 fully saturated rings. The Kier molecular flexibility index (Phi) is 7.23. The molecule has 0 amide bonds. The van der Waals surface area contributed by atoms with Crippen LogP contribution in [0.4, 0.5) is 14.5 Å². The summed E-state index contributed by atoms with van der Waals surface area (Å²) in [6, 6.07) is 17.6. The van der Waals surface area contributed by atoms with Crippen LogP contribution in [0.5, 0.6) is 11.5 Å². The van der Waals surface area contributed by atoms with Gasteiger partial charge in [-0.05, 0) is 86.3 Å². The Bertz CT molecular complexity index is 1710. The molecule has 1 aliphatic carbocycles. The summed E-state index contributed by atoms with van der Waals surface area (Å²) < 4.78 is 34.2. The lowest BCUT2D eigenvalue weighted by atomic mass is 10.1. The van der Waals surface area contributed by atoms with Gasteiger partial charge in [-0.25, -0.2) is 8.78 Å². The molecular weight excluding hydrogens is 502 g/mol. The topological polar surface area (TPSA) is 89.0 Å². The first kappa shape index (κ1) is 25.8. The van der Waals surface area contributed by atoms with Gasteiger partial charge in [-0.3, -0.25) is 19.3 Å². The normalized spacial score (nSPS) is 12.5. The molecule has 2 N–H and O–H groups in total. The van der Waals surface area contributed by atoms with Crippen molar-refractivity contribution >= 4 is 22.9 Å². The number of aryl methyl sites for hydroxylation is 1. The van der Waals surface area contributed by atoms with Crippen LogP contribution in [0.3, 0.4) is 0 Å². The minimum Gasteiger partial charge on any atom is -0.454 e. The molecule has 0 saturated heterocycles. The summed E-state index contributed by atoms with van der Waals surface area (Å²) in [5.41, 5.74) is 3.74. The molecule has 0 aliphatic heterocycles. The molecule has 198 valence electrons. The van der Waals surface area contributed by atoms with E-state index < -0.39 is 5.56 Å². The number of fused-ring (bicyclic) bond motifs is 1. The lowest BCUT2D eigenvalue weighted by Gasteiger charge is -2.12. The van der Waals surface area contributed by atoms with Gasteiger partial charge >= 0.3 is 0 Å². The largest absolute Gasteiger partial charge is 0.454 e. The number of nitrogens with one attached hydrogen (secondary N) is 2. The highest BCUT2D eigenvalue weighted by molar-refractivity contribution is 5.81. The van der Waals surface area contributed by atoms with Crippen molar-refractivity contribution in [2.24, 2.45) is 0 Å². The maximum Gasteiger partial charge on any atom is 0.265 e. The van der Waals surface area contributed by atoms with E-state index in [1.807, 2.05) is 6.07 Å². The second-order valence-electron chi connectivity index (χ2n) is 9.28. The summed E-state index contributed by atoms with van der Waals surface area (Å²) in [6.07, 6.45) is 4.56. The summed E-state index contributed by atoms with van der Waals surface area (Å²) in [5, 5.41) is 10.9. The fraction of sp³-hybridized carbons (Fsp3) is 0.167. The molecule has 0 unspecified atom stereocenters. The van der Waals surface area contributed by atoms with E-state index in [9.17, 15) is 18.4 Å². The van der Waals surface area contributed by atoms with Gasteiger partial charge in [0.2, 0.25) is 0 Å². The van der Waals surface area contributed by atoms with Crippen LogP contribution in [0.25, 0.3) is 16.6 Å². The summed E-state index contributed by atoms with van der Waals surface area (Å²) in [7, 11) is 1.76. The fourth-order valence-electron chi connectivity index (χ4n) is 4.29. The molecule has 2 aromatic heterocycles. The third-order valence-corrected chi connectivity index (χ3v) is 6.55. The minimum atomic E-state index is -0.397. The van der Waals surface area contributed by atoms with Crippen molar-refractivity contribution in [2.45, 2.75) is 25.7 Å². The zero-order valence-electron chi connectivity index (χ0n) is 21.4. The van der Waals surface area contributed by atoms with Gasteiger partial charge in [-0.15, -0.1) is 0 Å². The molecule has 5 aromatic rings. The van der Waals surface area contributed by atoms with Gasteiger partial charge < -0.3 is 10.1 Å². The van der Waals surface area contributed by atoms with Crippen molar-refractivity contribution in [1.82, 2.24) is 14.8 Å². The minimum absolute atomic E-state index is 0.0833. The van der Waals surface area contributed by atoms with Crippen molar-refractivity contribution < 1.29 is 18.3 Å². The number of halogens is 2. The third kappa shape index (κ3) is 5.57. The molecule has 0 bridgehead atoms. The molecule has 0 radical (unpaired) electrons. The molecule has 0 spiro atoms. The van der Waals surface area contributed by atoms with Crippen LogP contribution in [0.15, 0.2) is 77.7 Å². The summed E-state index contributed by atoms with van der Waals surface area (Å²) in [6.45, 7) is 1.75. The number of carbonyl (C=O) groups excluding carboxylic acids is 1. The number of rotatable bonds is 6. The van der Waals surface area contributed by atoms with Crippen LogP contribution in [0.1, 0.15) is 40.4 Å². The number of aldehydes is 1. The van der Waals surface area contributed by atoms with E-state index >= 15 is 0 Å². The average Bonchev–Trinajstić information content (AvgIpc) is 3.68. The summed E-state index contributed by atoms with van der Waals surface area (Å²) in [4.78, 5) is 22.6. The number of aromatic nitrogens is 3.